The van der Waals surface area contributed by atoms with Crippen LogP contribution in [0.2, 0.25) is 0 Å². The molecular formula is C18H15F5N2. The summed E-state index contributed by atoms with van der Waals surface area (Å²) in [7, 11) is 0. The molecule has 2 aliphatic heterocycles. The molecule has 0 amide bonds. The first-order chi connectivity index (χ1) is 12.0. The van der Waals surface area contributed by atoms with Crippen LogP contribution in [0.1, 0.15) is 12.0 Å². The Morgan fingerprint density at radius 2 is 1.56 bits per heavy atom. The van der Waals surface area contributed by atoms with Gasteiger partial charge in [0.1, 0.15) is 0 Å². The molecule has 1 unspecified atom stereocenters. The van der Waals surface area contributed by atoms with E-state index in [0.717, 1.165) is 43.7 Å². The molecule has 1 N–H and O–H groups in total. The highest BCUT2D eigenvalue weighted by atomic mass is 19.2. The first kappa shape index (κ1) is 16.3. The average Bonchev–Trinajstić information content (AvgIpc) is 2.79. The highest BCUT2D eigenvalue weighted by Gasteiger charge is 2.32. The van der Waals surface area contributed by atoms with Crippen molar-refractivity contribution in [3.8, 4) is 11.1 Å². The maximum Gasteiger partial charge on any atom is 0.200 e. The number of hydrogen-bond donors (Lipinski definition) is 1. The largest absolute Gasteiger partial charge is 0.367 e. The standard InChI is InChI=1S/C18H15F5N2/c19-14-13(15(20)17(22)18(23)16(14)21)10-2-1-9-7-11-3-4-24-5-6-25(11)12(9)8-10/h1-2,8,11,24H,3-7H2. The second-order valence-electron chi connectivity index (χ2n) is 6.38. The fraction of sp³-hybridized carbons (Fsp3) is 0.333. The van der Waals surface area contributed by atoms with Gasteiger partial charge in [-0.3, -0.25) is 0 Å². The van der Waals surface area contributed by atoms with Crippen LogP contribution in [0, 0.1) is 29.1 Å². The molecular weight excluding hydrogens is 339 g/mol. The molecule has 0 aromatic heterocycles. The summed E-state index contributed by atoms with van der Waals surface area (Å²) in [4.78, 5) is 2.14. The van der Waals surface area contributed by atoms with Gasteiger partial charge in [-0.1, -0.05) is 12.1 Å². The van der Waals surface area contributed by atoms with Crippen molar-refractivity contribution in [2.45, 2.75) is 18.9 Å². The lowest BCUT2D eigenvalue weighted by Crippen LogP contribution is -2.32. The molecule has 1 saturated heterocycles. The molecule has 25 heavy (non-hydrogen) atoms. The Morgan fingerprint density at radius 1 is 0.880 bits per heavy atom. The van der Waals surface area contributed by atoms with Gasteiger partial charge in [0.15, 0.2) is 23.3 Å². The van der Waals surface area contributed by atoms with Crippen LogP contribution < -0.4 is 10.2 Å². The maximum absolute atomic E-state index is 14.1. The topological polar surface area (TPSA) is 15.3 Å². The van der Waals surface area contributed by atoms with E-state index < -0.39 is 34.6 Å². The summed E-state index contributed by atoms with van der Waals surface area (Å²) in [5.41, 5.74) is 0.940. The minimum atomic E-state index is -2.14. The number of halogens is 5. The lowest BCUT2D eigenvalue weighted by molar-refractivity contribution is 0.381. The first-order valence-electron chi connectivity index (χ1n) is 8.11. The lowest BCUT2D eigenvalue weighted by Gasteiger charge is -2.25. The zero-order valence-corrected chi connectivity index (χ0v) is 13.2. The smallest absolute Gasteiger partial charge is 0.200 e. The van der Waals surface area contributed by atoms with Crippen LogP contribution in [0.15, 0.2) is 18.2 Å². The third kappa shape index (κ3) is 2.49. The second kappa shape index (κ2) is 5.98. The first-order valence-corrected chi connectivity index (χ1v) is 8.11. The number of benzene rings is 2. The number of nitrogens with zero attached hydrogens (tertiary/aromatic N) is 1. The van der Waals surface area contributed by atoms with Gasteiger partial charge in [0.05, 0.1) is 5.56 Å². The number of rotatable bonds is 1. The Bertz CT molecular complexity index is 823. The van der Waals surface area contributed by atoms with Crippen LogP contribution in [0.5, 0.6) is 0 Å². The zero-order chi connectivity index (χ0) is 17.7. The van der Waals surface area contributed by atoms with Crippen LogP contribution in [0.3, 0.4) is 0 Å². The van der Waals surface area contributed by atoms with E-state index in [0.29, 0.717) is 0 Å². The van der Waals surface area contributed by atoms with E-state index in [1.165, 1.54) is 12.1 Å². The van der Waals surface area contributed by atoms with E-state index in [1.54, 1.807) is 6.07 Å². The van der Waals surface area contributed by atoms with Crippen molar-refractivity contribution in [1.82, 2.24) is 5.32 Å². The van der Waals surface area contributed by atoms with Gasteiger partial charge in [-0.2, -0.15) is 0 Å². The van der Waals surface area contributed by atoms with Crippen LogP contribution in [0.25, 0.3) is 11.1 Å². The fourth-order valence-corrected chi connectivity index (χ4v) is 3.73. The second-order valence-corrected chi connectivity index (χ2v) is 6.38. The highest BCUT2D eigenvalue weighted by molar-refractivity contribution is 5.73. The molecule has 132 valence electrons. The molecule has 1 fully saturated rings. The van der Waals surface area contributed by atoms with Crippen molar-refractivity contribution >= 4 is 5.69 Å². The van der Waals surface area contributed by atoms with Gasteiger partial charge in [-0.25, -0.2) is 22.0 Å². The van der Waals surface area contributed by atoms with Crippen molar-refractivity contribution in [3.63, 3.8) is 0 Å². The Hall–Kier alpha value is -2.15. The number of hydrogen-bond acceptors (Lipinski definition) is 2. The molecule has 4 rings (SSSR count). The molecule has 1 atom stereocenters. The lowest BCUT2D eigenvalue weighted by atomic mass is 10.00. The van der Waals surface area contributed by atoms with Gasteiger partial charge < -0.3 is 10.2 Å². The van der Waals surface area contributed by atoms with E-state index in [1.807, 2.05) is 0 Å². The minimum Gasteiger partial charge on any atom is -0.367 e. The molecule has 0 saturated carbocycles. The van der Waals surface area contributed by atoms with E-state index in [9.17, 15) is 22.0 Å². The van der Waals surface area contributed by atoms with Crippen LogP contribution in [-0.4, -0.2) is 25.7 Å². The summed E-state index contributed by atoms with van der Waals surface area (Å²) in [6, 6.07) is 4.95. The van der Waals surface area contributed by atoms with Gasteiger partial charge in [-0.05, 0) is 36.6 Å². The Morgan fingerprint density at radius 3 is 2.28 bits per heavy atom. The van der Waals surface area contributed by atoms with Gasteiger partial charge in [0.25, 0.3) is 0 Å². The van der Waals surface area contributed by atoms with Crippen LogP contribution in [0.4, 0.5) is 27.6 Å². The molecule has 0 bridgehead atoms. The third-order valence-corrected chi connectivity index (χ3v) is 4.97. The molecule has 0 aliphatic carbocycles. The van der Waals surface area contributed by atoms with Crippen molar-refractivity contribution in [2.24, 2.45) is 0 Å². The SMILES string of the molecule is Fc1c(F)c(F)c(-c2ccc3c(c2)N2CCNCCC2C3)c(F)c1F. The van der Waals surface area contributed by atoms with Crippen LogP contribution >= 0.6 is 0 Å². The van der Waals surface area contributed by atoms with Gasteiger partial charge in [0.2, 0.25) is 5.82 Å². The Labute approximate surface area is 141 Å². The Balaban J connectivity index is 1.84. The normalized spacial score (nSPS) is 19.6. The van der Waals surface area contributed by atoms with Gasteiger partial charge in [-0.15, -0.1) is 0 Å². The summed E-state index contributed by atoms with van der Waals surface area (Å²) in [6.45, 7) is 2.40. The number of fused-ring (bicyclic) bond motifs is 3. The van der Waals surface area contributed by atoms with Gasteiger partial charge in [0, 0.05) is 24.8 Å². The van der Waals surface area contributed by atoms with Gasteiger partial charge >= 0.3 is 0 Å². The van der Waals surface area contributed by atoms with Crippen molar-refractivity contribution in [1.29, 1.82) is 0 Å². The van der Waals surface area contributed by atoms with Crippen molar-refractivity contribution < 1.29 is 22.0 Å². The number of anilines is 1. The molecule has 2 heterocycles. The summed E-state index contributed by atoms with van der Waals surface area (Å²) in [6.07, 6.45) is 1.75. The van der Waals surface area contributed by atoms with E-state index in [4.69, 9.17) is 0 Å². The highest BCUT2D eigenvalue weighted by Crippen LogP contribution is 2.39. The van der Waals surface area contributed by atoms with Crippen molar-refractivity contribution in [3.05, 3.63) is 52.8 Å². The summed E-state index contributed by atoms with van der Waals surface area (Å²) >= 11 is 0. The van der Waals surface area contributed by atoms with E-state index in [2.05, 4.69) is 10.2 Å². The maximum atomic E-state index is 14.1. The average molecular weight is 354 g/mol. The predicted molar refractivity (Wildman–Crippen MR) is 84.0 cm³/mol. The molecule has 2 aromatic carbocycles. The predicted octanol–water partition coefficient (Wildman–Crippen LogP) is 3.77. The minimum absolute atomic E-state index is 0.00981. The van der Waals surface area contributed by atoms with Crippen LogP contribution in [-0.2, 0) is 6.42 Å². The zero-order valence-electron chi connectivity index (χ0n) is 13.2. The van der Waals surface area contributed by atoms with E-state index >= 15 is 0 Å². The van der Waals surface area contributed by atoms with E-state index in [-0.39, 0.29) is 11.6 Å². The monoisotopic (exact) mass is 354 g/mol. The quantitative estimate of drug-likeness (QED) is 0.476. The number of nitrogens with one attached hydrogen (secondary N) is 1. The molecule has 0 spiro atoms. The fourth-order valence-electron chi connectivity index (χ4n) is 3.73. The molecule has 2 aliphatic rings. The Kier molecular flexibility index (Phi) is 3.91. The summed E-state index contributed by atoms with van der Waals surface area (Å²) in [5.74, 6) is -9.59. The third-order valence-electron chi connectivity index (χ3n) is 4.97. The summed E-state index contributed by atoms with van der Waals surface area (Å²) in [5, 5.41) is 3.29. The molecule has 0 radical (unpaired) electrons. The summed E-state index contributed by atoms with van der Waals surface area (Å²) < 4.78 is 68.5. The molecule has 2 aromatic rings. The molecule has 7 heteroatoms. The molecule has 2 nitrogen and oxygen atoms in total. The van der Waals surface area contributed by atoms with Crippen molar-refractivity contribution in [2.75, 3.05) is 24.5 Å².